The number of morpholine rings is 1. The highest BCUT2D eigenvalue weighted by Gasteiger charge is 2.19. The molecule has 10 heteroatoms. The number of nitrogens with zero attached hydrogens (tertiary/aromatic N) is 2. The first kappa shape index (κ1) is 24.2. The minimum atomic E-state index is 0.432. The van der Waals surface area contributed by atoms with Gasteiger partial charge in [-0.25, -0.2) is 0 Å². The molecule has 0 bridgehead atoms. The Morgan fingerprint density at radius 3 is 2.74 bits per heavy atom. The number of anilines is 2. The van der Waals surface area contributed by atoms with E-state index in [1.54, 1.807) is 19.2 Å². The van der Waals surface area contributed by atoms with Crippen molar-refractivity contribution in [3.8, 4) is 5.75 Å². The van der Waals surface area contributed by atoms with Gasteiger partial charge in [0.1, 0.15) is 17.4 Å². The molecule has 0 amide bonds. The van der Waals surface area contributed by atoms with Gasteiger partial charge in [0.2, 0.25) is 0 Å². The van der Waals surface area contributed by atoms with Crippen molar-refractivity contribution in [1.82, 2.24) is 10.2 Å². The van der Waals surface area contributed by atoms with Crippen LogP contribution in [0, 0.1) is 0 Å². The van der Waals surface area contributed by atoms with Gasteiger partial charge >= 0.3 is 0 Å². The molecule has 2 aromatic rings. The van der Waals surface area contributed by atoms with Crippen LogP contribution in [-0.4, -0.2) is 51.4 Å². The van der Waals surface area contributed by atoms with Crippen LogP contribution in [0.4, 0.5) is 11.4 Å². The zero-order valence-electron chi connectivity index (χ0n) is 19.1. The van der Waals surface area contributed by atoms with Crippen molar-refractivity contribution in [3.05, 3.63) is 75.4 Å². The number of ether oxygens (including phenoxy) is 2. The normalized spacial score (nSPS) is 17.0. The van der Waals surface area contributed by atoms with Gasteiger partial charge in [-0.2, -0.15) is 0 Å². The number of hydrogen-bond acceptors (Lipinski definition) is 8. The summed E-state index contributed by atoms with van der Waals surface area (Å²) in [5.74, 6) is 1.68. The number of rotatable bonds is 7. The quantitative estimate of drug-likeness (QED) is 0.455. The van der Waals surface area contributed by atoms with Gasteiger partial charge in [-0.1, -0.05) is 23.2 Å². The highest BCUT2D eigenvalue weighted by Crippen LogP contribution is 2.31. The summed E-state index contributed by atoms with van der Waals surface area (Å²) in [5, 5.41) is 7.73. The van der Waals surface area contributed by atoms with Crippen molar-refractivity contribution >= 4 is 34.6 Å². The van der Waals surface area contributed by atoms with Crippen LogP contribution in [0.25, 0.3) is 0 Å². The standard InChI is InChI=1S/C24H30Cl2N6O2/c1-33-22-13-18(31-8-10-34-11-9-31)3-5-20(22)30-23(27)14-21-24(28)29-6-7-32(21)15-16-12-17(25)2-4-19(16)26/h2-5,12-14,29-30H,6-11,15,27-28H2,1H3/b23-14+. The lowest BCUT2D eigenvalue weighted by molar-refractivity contribution is 0.122. The molecule has 1 fully saturated rings. The predicted octanol–water partition coefficient (Wildman–Crippen LogP) is 3.28. The molecule has 1 saturated heterocycles. The summed E-state index contributed by atoms with van der Waals surface area (Å²) in [5.41, 5.74) is 16.2. The van der Waals surface area contributed by atoms with E-state index < -0.39 is 0 Å². The van der Waals surface area contributed by atoms with Crippen molar-refractivity contribution < 1.29 is 9.47 Å². The third-order valence-electron chi connectivity index (χ3n) is 5.82. The lowest BCUT2D eigenvalue weighted by Crippen LogP contribution is -2.41. The Bertz CT molecular complexity index is 1090. The van der Waals surface area contributed by atoms with E-state index in [0.29, 0.717) is 40.5 Å². The minimum Gasteiger partial charge on any atom is -0.494 e. The average Bonchev–Trinajstić information content (AvgIpc) is 2.84. The number of nitrogens with one attached hydrogen (secondary N) is 2. The molecular formula is C24H30Cl2N6O2. The van der Waals surface area contributed by atoms with E-state index >= 15 is 0 Å². The second kappa shape index (κ2) is 11.0. The van der Waals surface area contributed by atoms with Crippen molar-refractivity contribution in [2.75, 3.05) is 56.7 Å². The van der Waals surface area contributed by atoms with Crippen LogP contribution in [0.5, 0.6) is 5.75 Å². The summed E-state index contributed by atoms with van der Waals surface area (Å²) in [4.78, 5) is 4.39. The van der Waals surface area contributed by atoms with Crippen LogP contribution in [-0.2, 0) is 11.3 Å². The smallest absolute Gasteiger partial charge is 0.144 e. The van der Waals surface area contributed by atoms with Gasteiger partial charge in [-0.3, -0.25) is 0 Å². The molecule has 2 heterocycles. The maximum Gasteiger partial charge on any atom is 0.144 e. The third-order valence-corrected chi connectivity index (χ3v) is 6.42. The number of benzene rings is 2. The fraction of sp³-hybridized carbons (Fsp3) is 0.333. The molecule has 34 heavy (non-hydrogen) atoms. The molecular weight excluding hydrogens is 475 g/mol. The second-order valence-corrected chi connectivity index (χ2v) is 8.94. The van der Waals surface area contributed by atoms with Crippen LogP contribution in [0.3, 0.4) is 0 Å². The average molecular weight is 505 g/mol. The fourth-order valence-electron chi connectivity index (χ4n) is 4.05. The second-order valence-electron chi connectivity index (χ2n) is 8.09. The molecule has 182 valence electrons. The summed E-state index contributed by atoms with van der Waals surface area (Å²) < 4.78 is 11.1. The Morgan fingerprint density at radius 1 is 1.18 bits per heavy atom. The van der Waals surface area contributed by atoms with Gasteiger partial charge in [-0.15, -0.1) is 0 Å². The van der Waals surface area contributed by atoms with E-state index in [9.17, 15) is 0 Å². The van der Waals surface area contributed by atoms with Crippen LogP contribution < -0.4 is 31.7 Å². The Labute approximate surface area is 210 Å². The predicted molar refractivity (Wildman–Crippen MR) is 138 cm³/mol. The molecule has 0 spiro atoms. The molecule has 0 aliphatic carbocycles. The molecule has 2 aromatic carbocycles. The molecule has 4 rings (SSSR count). The van der Waals surface area contributed by atoms with Gasteiger partial charge < -0.3 is 41.4 Å². The maximum atomic E-state index is 6.39. The molecule has 0 aromatic heterocycles. The minimum absolute atomic E-state index is 0.432. The number of nitrogens with two attached hydrogens (primary N) is 2. The SMILES string of the molecule is COc1cc(N2CCOCC2)ccc1N/C(N)=C/C1=C(N)NCCN1Cc1cc(Cl)ccc1Cl. The zero-order chi connectivity index (χ0) is 24.1. The molecule has 0 radical (unpaired) electrons. The Balaban J connectivity index is 1.53. The topological polar surface area (TPSA) is 101 Å². The monoisotopic (exact) mass is 504 g/mol. The van der Waals surface area contributed by atoms with Gasteiger partial charge in [0.25, 0.3) is 0 Å². The van der Waals surface area contributed by atoms with E-state index in [4.69, 9.17) is 44.1 Å². The summed E-state index contributed by atoms with van der Waals surface area (Å²) in [7, 11) is 1.64. The van der Waals surface area contributed by atoms with Crippen LogP contribution in [0.15, 0.2) is 59.8 Å². The Hall–Kier alpha value is -2.94. The third kappa shape index (κ3) is 5.75. The number of halogens is 2. The fourth-order valence-corrected chi connectivity index (χ4v) is 4.42. The number of hydrogen-bond donors (Lipinski definition) is 4. The molecule has 6 N–H and O–H groups in total. The van der Waals surface area contributed by atoms with Crippen LogP contribution >= 0.6 is 23.2 Å². The lowest BCUT2D eigenvalue weighted by Gasteiger charge is -2.32. The van der Waals surface area contributed by atoms with Crippen molar-refractivity contribution in [3.63, 3.8) is 0 Å². The number of allylic oxidation sites excluding steroid dienone is 1. The molecule has 0 saturated carbocycles. The van der Waals surface area contributed by atoms with Gasteiger partial charge in [-0.05, 0) is 35.9 Å². The first-order chi connectivity index (χ1) is 16.4. The van der Waals surface area contributed by atoms with Crippen molar-refractivity contribution in [2.45, 2.75) is 6.54 Å². The van der Waals surface area contributed by atoms with Crippen LogP contribution in [0.1, 0.15) is 5.56 Å². The van der Waals surface area contributed by atoms with Gasteiger partial charge in [0.05, 0.1) is 31.7 Å². The molecule has 2 aliphatic heterocycles. The summed E-state index contributed by atoms with van der Waals surface area (Å²) in [6.45, 7) is 5.15. The Morgan fingerprint density at radius 2 is 1.97 bits per heavy atom. The van der Waals surface area contributed by atoms with E-state index in [2.05, 4.69) is 20.4 Å². The zero-order valence-corrected chi connectivity index (χ0v) is 20.6. The highest BCUT2D eigenvalue weighted by molar-refractivity contribution is 6.33. The van der Waals surface area contributed by atoms with Crippen molar-refractivity contribution in [2.24, 2.45) is 11.5 Å². The summed E-state index contributed by atoms with van der Waals surface area (Å²) in [6, 6.07) is 11.5. The van der Waals surface area contributed by atoms with Gasteiger partial charge in [0.15, 0.2) is 0 Å². The van der Waals surface area contributed by atoms with Crippen molar-refractivity contribution in [1.29, 1.82) is 0 Å². The van der Waals surface area contributed by atoms with E-state index in [0.717, 1.165) is 55.5 Å². The van der Waals surface area contributed by atoms with E-state index in [1.165, 1.54) is 0 Å². The summed E-state index contributed by atoms with van der Waals surface area (Å²) in [6.07, 6.45) is 1.81. The largest absolute Gasteiger partial charge is 0.494 e. The van der Waals surface area contributed by atoms with E-state index in [1.807, 2.05) is 30.3 Å². The number of methoxy groups -OCH3 is 1. The Kier molecular flexibility index (Phi) is 7.82. The first-order valence-corrected chi connectivity index (χ1v) is 11.9. The van der Waals surface area contributed by atoms with Gasteiger partial charge in [0, 0.05) is 60.6 Å². The molecule has 2 aliphatic rings. The molecule has 8 nitrogen and oxygen atoms in total. The summed E-state index contributed by atoms with van der Waals surface area (Å²) >= 11 is 12.6. The lowest BCUT2D eigenvalue weighted by atomic mass is 10.1. The van der Waals surface area contributed by atoms with E-state index in [-0.39, 0.29) is 0 Å². The van der Waals surface area contributed by atoms with Crippen LogP contribution in [0.2, 0.25) is 10.0 Å². The maximum absolute atomic E-state index is 6.39. The molecule has 0 unspecified atom stereocenters. The first-order valence-electron chi connectivity index (χ1n) is 11.1. The highest BCUT2D eigenvalue weighted by atomic mass is 35.5. The molecule has 0 atom stereocenters.